The van der Waals surface area contributed by atoms with Crippen molar-refractivity contribution < 1.29 is 24.5 Å². The Hall–Kier alpha value is -2.27. The Morgan fingerprint density at radius 2 is 2.00 bits per heavy atom. The minimum absolute atomic E-state index is 0.484. The molecule has 1 aliphatic rings. The zero-order chi connectivity index (χ0) is 21.4. The molecule has 0 saturated carbocycles. The molecule has 0 radical (unpaired) electrons. The average molecular weight is 435 g/mol. The van der Waals surface area contributed by atoms with Crippen molar-refractivity contribution in [3.8, 4) is 0 Å². The van der Waals surface area contributed by atoms with Crippen LogP contribution in [0.5, 0.6) is 0 Å². The van der Waals surface area contributed by atoms with Gasteiger partial charge in [0.1, 0.15) is 36.4 Å². The Labute approximate surface area is 178 Å². The zero-order valence-corrected chi connectivity index (χ0v) is 17.4. The van der Waals surface area contributed by atoms with E-state index in [2.05, 4.69) is 15.4 Å². The van der Waals surface area contributed by atoms with Crippen LogP contribution in [-0.4, -0.2) is 57.3 Å². The molecule has 1 aliphatic heterocycles. The Morgan fingerprint density at radius 1 is 1.20 bits per heavy atom. The third kappa shape index (κ3) is 3.53. The quantitative estimate of drug-likeness (QED) is 0.507. The van der Waals surface area contributed by atoms with Crippen molar-refractivity contribution in [3.63, 3.8) is 0 Å². The molecule has 0 aliphatic carbocycles. The Morgan fingerprint density at radius 3 is 2.70 bits per heavy atom. The summed E-state index contributed by atoms with van der Waals surface area (Å²) in [5, 5.41) is 22.9. The molecule has 3 aromatic rings. The lowest BCUT2D eigenvalue weighted by Gasteiger charge is -2.25. The van der Waals surface area contributed by atoms with Crippen LogP contribution in [0.4, 0.5) is 5.82 Å². The molecule has 3 N–H and O–H groups in total. The zero-order valence-electron chi connectivity index (χ0n) is 16.7. The van der Waals surface area contributed by atoms with E-state index in [0.717, 1.165) is 11.1 Å². The summed E-state index contributed by atoms with van der Waals surface area (Å²) in [5.41, 5.74) is 4.90. The van der Waals surface area contributed by atoms with Crippen LogP contribution in [0.25, 0.3) is 11.0 Å². The van der Waals surface area contributed by atoms with E-state index < -0.39 is 30.6 Å². The Balaban J connectivity index is 1.67. The van der Waals surface area contributed by atoms with E-state index in [1.54, 1.807) is 22.9 Å². The van der Waals surface area contributed by atoms with Crippen LogP contribution in [-0.2, 0) is 14.3 Å². The molecule has 160 valence electrons. The number of nitrogens with one attached hydrogen (secondary N) is 1. The molecule has 3 heterocycles. The first kappa shape index (κ1) is 21.0. The van der Waals surface area contributed by atoms with Gasteiger partial charge in [-0.15, -0.1) is 0 Å². The second kappa shape index (κ2) is 8.46. The van der Waals surface area contributed by atoms with E-state index in [1.165, 1.54) is 20.5 Å². The van der Waals surface area contributed by atoms with Crippen molar-refractivity contribution in [1.82, 2.24) is 14.5 Å². The first-order chi connectivity index (χ1) is 14.5. The number of hydrogen-bond acceptors (Lipinski definition) is 8. The van der Waals surface area contributed by atoms with E-state index >= 15 is 0 Å². The summed E-state index contributed by atoms with van der Waals surface area (Å²) in [6, 6.07) is 7.25. The van der Waals surface area contributed by atoms with Crippen LogP contribution >= 0.6 is 11.6 Å². The lowest BCUT2D eigenvalue weighted by atomic mass is 9.98. The summed E-state index contributed by atoms with van der Waals surface area (Å²) < 4.78 is 13.4. The number of fused-ring (bicyclic) bond motifs is 1. The SMILES string of the molecule is CONc1ncnc2c1ccn2[C@@H]1O[C@@H]([C@H](OC)c2ccc(Cl)c(C)c2)[C@@H](O)[C@H]1O. The van der Waals surface area contributed by atoms with E-state index in [9.17, 15) is 10.2 Å². The van der Waals surface area contributed by atoms with Crippen LogP contribution in [0.2, 0.25) is 5.02 Å². The van der Waals surface area contributed by atoms with Crippen molar-refractivity contribution in [3.05, 3.63) is 52.9 Å². The van der Waals surface area contributed by atoms with Crippen molar-refractivity contribution in [1.29, 1.82) is 0 Å². The van der Waals surface area contributed by atoms with Gasteiger partial charge in [-0.05, 0) is 30.2 Å². The number of aliphatic hydroxyl groups is 2. The van der Waals surface area contributed by atoms with E-state index in [-0.39, 0.29) is 0 Å². The molecule has 1 fully saturated rings. The van der Waals surface area contributed by atoms with Gasteiger partial charge in [-0.25, -0.2) is 15.4 Å². The van der Waals surface area contributed by atoms with Gasteiger partial charge in [-0.1, -0.05) is 23.7 Å². The number of aliphatic hydroxyl groups excluding tert-OH is 2. The first-order valence-corrected chi connectivity index (χ1v) is 9.75. The Kier molecular flexibility index (Phi) is 5.92. The maximum Gasteiger partial charge on any atom is 0.164 e. The fraction of sp³-hybridized carbons (Fsp3) is 0.400. The summed E-state index contributed by atoms with van der Waals surface area (Å²) in [5.74, 6) is 0.484. The molecule has 30 heavy (non-hydrogen) atoms. The highest BCUT2D eigenvalue weighted by Crippen LogP contribution is 2.39. The lowest BCUT2D eigenvalue weighted by Crippen LogP contribution is -2.35. The molecule has 1 saturated heterocycles. The van der Waals surface area contributed by atoms with Gasteiger partial charge >= 0.3 is 0 Å². The van der Waals surface area contributed by atoms with Gasteiger partial charge in [0.2, 0.25) is 0 Å². The Bertz CT molecular complexity index is 1050. The largest absolute Gasteiger partial charge is 0.387 e. The lowest BCUT2D eigenvalue weighted by molar-refractivity contribution is -0.0974. The second-order valence-corrected chi connectivity index (χ2v) is 7.53. The molecule has 9 nitrogen and oxygen atoms in total. The topological polar surface area (TPSA) is 111 Å². The van der Waals surface area contributed by atoms with Crippen LogP contribution in [0.1, 0.15) is 23.5 Å². The summed E-state index contributed by atoms with van der Waals surface area (Å²) in [4.78, 5) is 13.4. The monoisotopic (exact) mass is 434 g/mol. The number of methoxy groups -OCH3 is 1. The summed E-state index contributed by atoms with van der Waals surface area (Å²) in [6.45, 7) is 1.89. The van der Waals surface area contributed by atoms with Crippen molar-refractivity contribution in [2.45, 2.75) is 37.6 Å². The summed E-state index contributed by atoms with van der Waals surface area (Å²) in [6.07, 6.45) is -1.53. The number of hydrogen-bond donors (Lipinski definition) is 3. The number of aryl methyl sites for hydroxylation is 1. The highest BCUT2D eigenvalue weighted by molar-refractivity contribution is 6.31. The molecular weight excluding hydrogens is 412 g/mol. The smallest absolute Gasteiger partial charge is 0.164 e. The molecule has 0 unspecified atom stereocenters. The van der Waals surface area contributed by atoms with Gasteiger partial charge in [-0.2, -0.15) is 0 Å². The summed E-state index contributed by atoms with van der Waals surface area (Å²) in [7, 11) is 3.02. The van der Waals surface area contributed by atoms with Crippen LogP contribution in [0, 0.1) is 6.92 Å². The van der Waals surface area contributed by atoms with Gasteiger partial charge < -0.3 is 24.3 Å². The minimum atomic E-state index is -1.19. The molecule has 4 rings (SSSR count). The average Bonchev–Trinajstić information content (AvgIpc) is 3.28. The fourth-order valence-electron chi connectivity index (χ4n) is 3.82. The van der Waals surface area contributed by atoms with Crippen molar-refractivity contribution in [2.75, 3.05) is 19.7 Å². The van der Waals surface area contributed by atoms with E-state index in [4.69, 9.17) is 25.9 Å². The number of aromatic nitrogens is 3. The normalized spacial score (nSPS) is 25.0. The summed E-state index contributed by atoms with van der Waals surface area (Å²) >= 11 is 6.13. The van der Waals surface area contributed by atoms with E-state index in [0.29, 0.717) is 21.9 Å². The fourth-order valence-corrected chi connectivity index (χ4v) is 3.94. The number of anilines is 1. The number of ether oxygens (including phenoxy) is 2. The highest BCUT2D eigenvalue weighted by Gasteiger charge is 2.48. The van der Waals surface area contributed by atoms with Gasteiger partial charge in [0.15, 0.2) is 12.0 Å². The molecule has 1 aromatic carbocycles. The number of halogens is 1. The first-order valence-electron chi connectivity index (χ1n) is 9.37. The maximum absolute atomic E-state index is 10.8. The highest BCUT2D eigenvalue weighted by atomic mass is 35.5. The third-order valence-corrected chi connectivity index (χ3v) is 5.74. The molecule has 0 bridgehead atoms. The number of nitrogens with zero attached hydrogens (tertiary/aromatic N) is 3. The molecule has 0 spiro atoms. The second-order valence-electron chi connectivity index (χ2n) is 7.13. The molecule has 0 amide bonds. The molecule has 2 aromatic heterocycles. The predicted octanol–water partition coefficient (Wildman–Crippen LogP) is 2.37. The predicted molar refractivity (Wildman–Crippen MR) is 110 cm³/mol. The number of rotatable bonds is 6. The standard InChI is InChI=1S/C20H23ClN4O5/c1-10-8-11(4-5-13(10)21)16(28-2)17-14(26)15(27)20(30-17)25-7-6-12-18(24-29-3)22-9-23-19(12)25/h4-9,14-17,20,26-27H,1-3H3,(H,22,23,24)/t14-,15+,16+,17+,20+/m0/s1. The maximum atomic E-state index is 10.8. The van der Waals surface area contributed by atoms with Crippen LogP contribution < -0.4 is 5.48 Å². The van der Waals surface area contributed by atoms with Gasteiger partial charge in [0, 0.05) is 18.3 Å². The molecule has 10 heteroatoms. The van der Waals surface area contributed by atoms with Gasteiger partial charge in [0.25, 0.3) is 0 Å². The minimum Gasteiger partial charge on any atom is -0.387 e. The van der Waals surface area contributed by atoms with Crippen molar-refractivity contribution in [2.24, 2.45) is 0 Å². The molecule has 5 atom stereocenters. The molecular formula is C20H23ClN4O5. The van der Waals surface area contributed by atoms with Crippen molar-refractivity contribution >= 4 is 28.5 Å². The van der Waals surface area contributed by atoms with Gasteiger partial charge in [0.05, 0.1) is 12.5 Å². The van der Waals surface area contributed by atoms with Crippen LogP contribution in [0.15, 0.2) is 36.8 Å². The number of benzene rings is 1. The third-order valence-electron chi connectivity index (χ3n) is 5.32. The van der Waals surface area contributed by atoms with Gasteiger partial charge in [-0.3, -0.25) is 4.84 Å². The van der Waals surface area contributed by atoms with E-state index in [1.807, 2.05) is 19.1 Å². The van der Waals surface area contributed by atoms with Crippen LogP contribution in [0.3, 0.4) is 0 Å².